The number of cyclic esters (lactones) is 1. The molecular formula is C55H88N2O18. The van der Waals surface area contributed by atoms with Gasteiger partial charge in [-0.3, -0.25) is 14.4 Å². The Kier molecular flexibility index (Phi) is 27.4. The van der Waals surface area contributed by atoms with Gasteiger partial charge in [-0.05, 0) is 78.3 Å². The number of aliphatic hydroxyl groups excluding tert-OH is 9. The molecule has 1 amide bonds. The highest BCUT2D eigenvalue weighted by molar-refractivity contribution is 5.76. The lowest BCUT2D eigenvalue weighted by Gasteiger charge is -2.45. The maximum atomic E-state index is 13.2. The summed E-state index contributed by atoms with van der Waals surface area (Å²) in [5.74, 6) is -7.34. The highest BCUT2D eigenvalue weighted by Gasteiger charge is 2.51. The van der Waals surface area contributed by atoms with E-state index < -0.39 is 146 Å². The van der Waals surface area contributed by atoms with Crippen molar-refractivity contribution in [2.45, 2.75) is 215 Å². The van der Waals surface area contributed by atoms with Gasteiger partial charge in [0.05, 0.1) is 73.5 Å². The molecule has 0 saturated carbocycles. The van der Waals surface area contributed by atoms with Crippen molar-refractivity contribution in [3.8, 4) is 0 Å². The highest BCUT2D eigenvalue weighted by Crippen LogP contribution is 2.38. The molecule has 0 aromatic rings. The number of hydrogen-bond donors (Lipinski definition) is 12. The van der Waals surface area contributed by atoms with Gasteiger partial charge in [0.15, 0.2) is 12.1 Å². The monoisotopic (exact) mass is 1060 g/mol. The van der Waals surface area contributed by atoms with Gasteiger partial charge in [0, 0.05) is 44.1 Å². The van der Waals surface area contributed by atoms with Crippen LogP contribution in [0.4, 0.5) is 0 Å². The fourth-order valence-electron chi connectivity index (χ4n) is 9.95. The predicted molar refractivity (Wildman–Crippen MR) is 276 cm³/mol. The van der Waals surface area contributed by atoms with Gasteiger partial charge in [0.25, 0.3) is 0 Å². The summed E-state index contributed by atoms with van der Waals surface area (Å²) in [6, 6.07) is -1.21. The number of carboxylic acids is 1. The van der Waals surface area contributed by atoms with E-state index >= 15 is 0 Å². The SMILES string of the molecule is C[C@@H]1[C@H](O)[C@@H](C)/C=C/C=C/CC/C=C/C=C/C=C/C=C/[C@H](O[C@@H]2O[C@H](C)[C@@H](O)[C@H](NC(=O)CCN3CCCCC3)[C@@H]2O)C[C@@H]2O[C@](O)(C[C@@H](O)[C@H](O)CC[C@@H](O)C[C@@H](O)C[C@@H](O)CC(=O)O[C@H]1C)C[C@H](O)[C@H]2C(=O)O. The molecule has 0 aliphatic carbocycles. The second-order valence-corrected chi connectivity index (χ2v) is 21.0. The van der Waals surface area contributed by atoms with Crippen LogP contribution in [-0.2, 0) is 33.3 Å². The van der Waals surface area contributed by atoms with Crippen molar-refractivity contribution >= 4 is 17.8 Å². The summed E-state index contributed by atoms with van der Waals surface area (Å²) in [4.78, 5) is 40.7. The second-order valence-electron chi connectivity index (χ2n) is 21.0. The molecule has 0 radical (unpaired) electrons. The smallest absolute Gasteiger partial charge is 0.311 e. The predicted octanol–water partition coefficient (Wildman–Crippen LogP) is 1.97. The number of amides is 1. The van der Waals surface area contributed by atoms with E-state index in [4.69, 9.17) is 18.9 Å². The fourth-order valence-corrected chi connectivity index (χ4v) is 9.95. The van der Waals surface area contributed by atoms with E-state index in [-0.39, 0.29) is 44.4 Å². The first-order valence-electron chi connectivity index (χ1n) is 26.8. The van der Waals surface area contributed by atoms with E-state index in [0.29, 0.717) is 6.54 Å². The quantitative estimate of drug-likeness (QED) is 0.162. The summed E-state index contributed by atoms with van der Waals surface area (Å²) in [6.07, 6.45) is 4.74. The fraction of sp³-hybridized carbons (Fsp3) is 0.727. The van der Waals surface area contributed by atoms with Crippen molar-refractivity contribution in [3.05, 3.63) is 72.9 Å². The largest absolute Gasteiger partial charge is 0.481 e. The van der Waals surface area contributed by atoms with Crippen LogP contribution in [0.5, 0.6) is 0 Å². The molecule has 0 aromatic carbocycles. The normalized spacial score (nSPS) is 42.2. The molecule has 4 rings (SSSR count). The third-order valence-electron chi connectivity index (χ3n) is 14.6. The van der Waals surface area contributed by atoms with E-state index in [9.17, 15) is 70.6 Å². The summed E-state index contributed by atoms with van der Waals surface area (Å²) in [5.41, 5.74) is 0. The third-order valence-corrected chi connectivity index (χ3v) is 14.6. The average molecular weight is 1070 g/mol. The summed E-state index contributed by atoms with van der Waals surface area (Å²) in [6.45, 7) is 9.05. The van der Waals surface area contributed by atoms with E-state index in [2.05, 4.69) is 10.2 Å². The van der Waals surface area contributed by atoms with Crippen LogP contribution in [0.2, 0.25) is 0 Å². The number of hydrogen-bond acceptors (Lipinski definition) is 18. The zero-order valence-corrected chi connectivity index (χ0v) is 44.1. The van der Waals surface area contributed by atoms with E-state index in [0.717, 1.165) is 45.2 Å². The molecule has 4 aliphatic heterocycles. The first kappa shape index (κ1) is 63.8. The Balaban J connectivity index is 1.55. The maximum absolute atomic E-state index is 13.2. The number of carbonyl (C=O) groups excluding carboxylic acids is 2. The average Bonchev–Trinajstić information content (AvgIpc) is 3.34. The van der Waals surface area contributed by atoms with Crippen molar-refractivity contribution in [2.75, 3.05) is 19.6 Å². The van der Waals surface area contributed by atoms with Crippen molar-refractivity contribution in [1.82, 2.24) is 10.2 Å². The first-order valence-corrected chi connectivity index (χ1v) is 26.8. The van der Waals surface area contributed by atoms with Gasteiger partial charge < -0.3 is 85.3 Å². The van der Waals surface area contributed by atoms with Crippen molar-refractivity contribution in [3.63, 3.8) is 0 Å². The number of carbonyl (C=O) groups is 3. The number of fused-ring (bicyclic) bond motifs is 2. The van der Waals surface area contributed by atoms with Gasteiger partial charge in [0.1, 0.15) is 24.2 Å². The molecule has 3 saturated heterocycles. The molecule has 2 bridgehead atoms. The lowest BCUT2D eigenvalue weighted by atomic mass is 9.82. The van der Waals surface area contributed by atoms with Gasteiger partial charge in [-0.2, -0.15) is 0 Å². The number of ether oxygens (including phenoxy) is 4. The number of piperidine rings is 1. The molecule has 0 aromatic heterocycles. The van der Waals surface area contributed by atoms with Crippen molar-refractivity contribution < 1.29 is 89.5 Å². The summed E-state index contributed by atoms with van der Waals surface area (Å²) >= 11 is 0. The van der Waals surface area contributed by atoms with Gasteiger partial charge in [0.2, 0.25) is 5.91 Å². The number of aliphatic hydroxyl groups is 10. The molecule has 20 nitrogen and oxygen atoms in total. The number of allylic oxidation sites excluding steroid dienone is 10. The number of likely N-dealkylation sites (tertiary alicyclic amines) is 1. The van der Waals surface area contributed by atoms with Crippen LogP contribution in [0.3, 0.4) is 0 Å². The lowest BCUT2D eigenvalue weighted by Crippen LogP contribution is -2.64. The van der Waals surface area contributed by atoms with Crippen LogP contribution in [0.1, 0.15) is 118 Å². The minimum Gasteiger partial charge on any atom is -0.481 e. The Bertz CT molecular complexity index is 1910. The Morgan fingerprint density at radius 1 is 0.707 bits per heavy atom. The molecule has 75 heavy (non-hydrogen) atoms. The number of carboxylic acid groups (broad SMARTS) is 1. The zero-order chi connectivity index (χ0) is 55.2. The minimum atomic E-state index is -2.39. The molecule has 4 aliphatic rings. The number of rotatable bonds is 7. The van der Waals surface area contributed by atoms with E-state index in [1.54, 1.807) is 45.1 Å². The molecule has 4 heterocycles. The van der Waals surface area contributed by atoms with E-state index in [1.165, 1.54) is 6.08 Å². The first-order chi connectivity index (χ1) is 35.6. The number of aliphatic carboxylic acids is 1. The topological polar surface area (TPSA) is 326 Å². The Hall–Kier alpha value is -3.71. The highest BCUT2D eigenvalue weighted by atomic mass is 16.7. The number of nitrogens with one attached hydrogen (secondary N) is 1. The van der Waals surface area contributed by atoms with Crippen LogP contribution < -0.4 is 5.32 Å². The Morgan fingerprint density at radius 2 is 1.32 bits per heavy atom. The van der Waals surface area contributed by atoms with Crippen LogP contribution in [-0.4, -0.2) is 196 Å². The van der Waals surface area contributed by atoms with Crippen molar-refractivity contribution in [1.29, 1.82) is 0 Å². The van der Waals surface area contributed by atoms with Crippen LogP contribution >= 0.6 is 0 Å². The maximum Gasteiger partial charge on any atom is 0.311 e. The summed E-state index contributed by atoms with van der Waals surface area (Å²) in [5, 5.41) is 124. The van der Waals surface area contributed by atoms with Gasteiger partial charge >= 0.3 is 11.9 Å². The number of nitrogens with zero attached hydrogens (tertiary/aromatic N) is 1. The molecule has 12 N–H and O–H groups in total. The lowest BCUT2D eigenvalue weighted by molar-refractivity contribution is -0.310. The minimum absolute atomic E-state index is 0.130. The Morgan fingerprint density at radius 3 is 2.00 bits per heavy atom. The standard InChI is InChI=1S/C55H88N2O18/c1-34-20-16-13-11-9-7-5-6-8-10-12-14-17-21-41(74-54-52(68)49(51(67)37(4)73-54)56-46(64)24-27-57-25-18-15-19-26-57)31-45-48(53(69)70)44(63)33-55(71,75-45)32-43(62)42(61)23-22-38(58)28-39(59)29-40(60)30-47(65)72-36(3)35(2)50(34)66/h5-6,8,10-14,16-17,20-21,34-45,48-52,54,58-63,66-68,71H,7,9,15,18-19,22-33H2,1-4H3,(H,56,64)(H,69,70)/b6-5+,10-8+,13-11+,14-12+,20-16+,21-17+/t34-,35-,36-,37+,38+,39+,40+,41-,42+,43+,44-,45-,48+,49-,50+,51+,52-,54-,55+/m0/s1. The molecule has 20 heteroatoms. The van der Waals surface area contributed by atoms with Crippen LogP contribution in [0, 0.1) is 17.8 Å². The molecule has 0 spiro atoms. The molecule has 0 unspecified atom stereocenters. The molecular weight excluding hydrogens is 977 g/mol. The summed E-state index contributed by atoms with van der Waals surface area (Å²) in [7, 11) is 0. The van der Waals surface area contributed by atoms with E-state index in [1.807, 2.05) is 49.5 Å². The van der Waals surface area contributed by atoms with Crippen LogP contribution in [0.15, 0.2) is 72.9 Å². The van der Waals surface area contributed by atoms with Crippen molar-refractivity contribution in [2.24, 2.45) is 17.8 Å². The van der Waals surface area contributed by atoms with Gasteiger partial charge in [-0.15, -0.1) is 0 Å². The summed E-state index contributed by atoms with van der Waals surface area (Å²) < 4.78 is 23.7. The second kappa shape index (κ2) is 32.3. The zero-order valence-electron chi connectivity index (χ0n) is 44.1. The Labute approximate surface area is 441 Å². The number of esters is 1. The van der Waals surface area contributed by atoms with Gasteiger partial charge in [-0.25, -0.2) is 0 Å². The molecule has 19 atom stereocenters. The third kappa shape index (κ3) is 21.9. The molecule has 426 valence electrons. The molecule has 3 fully saturated rings. The van der Waals surface area contributed by atoms with Gasteiger partial charge in [-0.1, -0.05) is 93.2 Å². The van der Waals surface area contributed by atoms with Crippen LogP contribution in [0.25, 0.3) is 0 Å².